The highest BCUT2D eigenvalue weighted by molar-refractivity contribution is 5.91. The average molecular weight is 256 g/mol. The Bertz CT molecular complexity index is 666. The quantitative estimate of drug-likeness (QED) is 0.780. The van der Waals surface area contributed by atoms with Gasteiger partial charge in [0.05, 0.1) is 11.0 Å². The Kier molecular flexibility index (Phi) is 3.52. The summed E-state index contributed by atoms with van der Waals surface area (Å²) in [5.41, 5.74) is 3.18. The van der Waals surface area contributed by atoms with Gasteiger partial charge in [0.15, 0.2) is 6.07 Å². The molecule has 1 heterocycles. The van der Waals surface area contributed by atoms with Crippen LogP contribution in [0.4, 0.5) is 0 Å². The number of hydrogen-bond donors (Lipinski definition) is 0. The van der Waals surface area contributed by atoms with Crippen molar-refractivity contribution < 1.29 is 4.79 Å². The predicted molar refractivity (Wildman–Crippen MR) is 72.4 cm³/mol. The normalized spacial score (nSPS) is 10.4. The third-order valence-electron chi connectivity index (χ3n) is 3.35. The molecule has 0 N–H and O–H groups in total. The van der Waals surface area contributed by atoms with E-state index >= 15 is 0 Å². The number of carbonyl (C=O) groups is 1. The summed E-state index contributed by atoms with van der Waals surface area (Å²) in [4.78, 5) is 17.0. The molecule has 5 heteroatoms. The zero-order valence-corrected chi connectivity index (χ0v) is 11.3. The highest BCUT2D eigenvalue weighted by Crippen LogP contribution is 2.16. The molecule has 0 saturated carbocycles. The Morgan fingerprint density at radius 2 is 2.26 bits per heavy atom. The van der Waals surface area contributed by atoms with Gasteiger partial charge >= 0.3 is 5.91 Å². The zero-order valence-electron chi connectivity index (χ0n) is 11.3. The molecule has 1 aromatic carbocycles. The molecule has 0 aliphatic rings. The van der Waals surface area contributed by atoms with Gasteiger partial charge in [-0.15, -0.1) is 0 Å². The Morgan fingerprint density at radius 3 is 2.95 bits per heavy atom. The molecule has 0 aliphatic heterocycles. The van der Waals surface area contributed by atoms with E-state index in [1.807, 2.05) is 36.7 Å². The van der Waals surface area contributed by atoms with Crippen LogP contribution in [-0.4, -0.2) is 34.0 Å². The number of aryl methyl sites for hydroxylation is 2. The third kappa shape index (κ3) is 2.58. The van der Waals surface area contributed by atoms with E-state index in [4.69, 9.17) is 5.26 Å². The lowest BCUT2D eigenvalue weighted by Crippen LogP contribution is -2.27. The fraction of sp³-hybridized carbons (Fsp3) is 0.357. The average Bonchev–Trinajstić information content (AvgIpc) is 2.70. The number of nitrogens with zero attached hydrogens (tertiary/aromatic N) is 4. The van der Waals surface area contributed by atoms with Crippen molar-refractivity contribution in [1.82, 2.24) is 14.5 Å². The molecule has 0 radical (unpaired) electrons. The van der Waals surface area contributed by atoms with E-state index in [1.54, 1.807) is 13.1 Å². The molecule has 2 aromatic rings. The van der Waals surface area contributed by atoms with Crippen molar-refractivity contribution in [2.24, 2.45) is 7.05 Å². The van der Waals surface area contributed by atoms with Gasteiger partial charge in [0.25, 0.3) is 0 Å². The number of benzene rings is 1. The number of hydrogen-bond acceptors (Lipinski definition) is 3. The lowest BCUT2D eigenvalue weighted by atomic mass is 10.1. The van der Waals surface area contributed by atoms with E-state index in [0.29, 0.717) is 6.54 Å². The van der Waals surface area contributed by atoms with Gasteiger partial charge in [-0.25, -0.2) is 4.98 Å². The lowest BCUT2D eigenvalue weighted by Gasteiger charge is -2.12. The van der Waals surface area contributed by atoms with E-state index in [-0.39, 0.29) is 0 Å². The smallest absolute Gasteiger partial charge is 0.324 e. The van der Waals surface area contributed by atoms with Crippen LogP contribution < -0.4 is 0 Å². The summed E-state index contributed by atoms with van der Waals surface area (Å²) in [5, 5.41) is 8.52. The van der Waals surface area contributed by atoms with Crippen LogP contribution in [0, 0.1) is 18.3 Å². The van der Waals surface area contributed by atoms with Crippen LogP contribution in [-0.2, 0) is 18.3 Å². The third-order valence-corrected chi connectivity index (χ3v) is 3.35. The Balaban J connectivity index is 2.14. The molecule has 0 unspecified atom stereocenters. The number of fused-ring (bicyclic) bond motifs is 1. The SMILES string of the molecule is Cc1nc2cc(CCN(C)C(=O)C#N)ccc2n1C. The molecule has 19 heavy (non-hydrogen) atoms. The first-order valence-electron chi connectivity index (χ1n) is 6.10. The van der Waals surface area contributed by atoms with Crippen molar-refractivity contribution in [3.05, 3.63) is 29.6 Å². The Hall–Kier alpha value is -2.35. The first-order chi connectivity index (χ1) is 9.02. The Morgan fingerprint density at radius 1 is 1.53 bits per heavy atom. The largest absolute Gasteiger partial charge is 0.333 e. The second-order valence-electron chi connectivity index (χ2n) is 4.63. The van der Waals surface area contributed by atoms with Crippen LogP contribution >= 0.6 is 0 Å². The fourth-order valence-corrected chi connectivity index (χ4v) is 2.01. The fourth-order valence-electron chi connectivity index (χ4n) is 2.01. The number of nitriles is 1. The summed E-state index contributed by atoms with van der Waals surface area (Å²) in [6.07, 6.45) is 0.718. The van der Waals surface area contributed by atoms with Crippen molar-refractivity contribution >= 4 is 16.9 Å². The van der Waals surface area contributed by atoms with Crippen LogP contribution in [0.15, 0.2) is 18.2 Å². The van der Waals surface area contributed by atoms with Crippen LogP contribution in [0.5, 0.6) is 0 Å². The second-order valence-corrected chi connectivity index (χ2v) is 4.63. The predicted octanol–water partition coefficient (Wildman–Crippen LogP) is 1.41. The van der Waals surface area contributed by atoms with Crippen molar-refractivity contribution in [3.8, 4) is 6.07 Å². The maximum Gasteiger partial charge on any atom is 0.324 e. The van der Waals surface area contributed by atoms with Gasteiger partial charge in [-0.05, 0) is 31.0 Å². The molecular formula is C14H16N4O. The van der Waals surface area contributed by atoms with Crippen molar-refractivity contribution in [1.29, 1.82) is 5.26 Å². The van der Waals surface area contributed by atoms with Gasteiger partial charge in [0.2, 0.25) is 0 Å². The standard InChI is InChI=1S/C14H16N4O/c1-10-16-12-8-11(4-5-13(12)18(10)3)6-7-17(2)14(19)9-15/h4-5,8H,6-7H2,1-3H3. The molecule has 0 saturated heterocycles. The topological polar surface area (TPSA) is 61.9 Å². The first-order valence-corrected chi connectivity index (χ1v) is 6.10. The van der Waals surface area contributed by atoms with Gasteiger partial charge in [0.1, 0.15) is 5.82 Å². The van der Waals surface area contributed by atoms with Crippen LogP contribution in [0.3, 0.4) is 0 Å². The summed E-state index contributed by atoms with van der Waals surface area (Å²) < 4.78 is 2.05. The van der Waals surface area contributed by atoms with E-state index < -0.39 is 5.91 Å². The lowest BCUT2D eigenvalue weighted by molar-refractivity contribution is -0.124. The molecule has 1 aromatic heterocycles. The minimum Gasteiger partial charge on any atom is -0.333 e. The number of aromatic nitrogens is 2. The summed E-state index contributed by atoms with van der Waals surface area (Å²) in [6.45, 7) is 2.50. The number of carbonyl (C=O) groups excluding carboxylic acids is 1. The first kappa shape index (κ1) is 13.1. The van der Waals surface area contributed by atoms with Gasteiger partial charge in [-0.3, -0.25) is 4.79 Å². The molecule has 0 aliphatic carbocycles. The van der Waals surface area contributed by atoms with Gasteiger partial charge in [-0.2, -0.15) is 5.26 Å². The molecule has 1 amide bonds. The van der Waals surface area contributed by atoms with E-state index in [1.165, 1.54) is 4.90 Å². The van der Waals surface area contributed by atoms with Crippen molar-refractivity contribution in [3.63, 3.8) is 0 Å². The van der Waals surface area contributed by atoms with E-state index in [0.717, 1.165) is 28.8 Å². The van der Waals surface area contributed by atoms with Gasteiger partial charge < -0.3 is 9.47 Å². The van der Waals surface area contributed by atoms with Crippen molar-refractivity contribution in [2.45, 2.75) is 13.3 Å². The maximum atomic E-state index is 11.1. The van der Waals surface area contributed by atoms with E-state index in [2.05, 4.69) is 4.98 Å². The molecule has 2 rings (SSSR count). The monoisotopic (exact) mass is 256 g/mol. The number of likely N-dealkylation sites (N-methyl/N-ethyl adjacent to an activating group) is 1. The number of imidazole rings is 1. The Labute approximate surface area is 112 Å². The highest BCUT2D eigenvalue weighted by atomic mass is 16.2. The van der Waals surface area contributed by atoms with Crippen LogP contribution in [0.1, 0.15) is 11.4 Å². The summed E-state index contributed by atoms with van der Waals surface area (Å²) >= 11 is 0. The zero-order chi connectivity index (χ0) is 14.0. The number of amides is 1. The number of rotatable bonds is 3. The molecule has 0 atom stereocenters. The maximum absolute atomic E-state index is 11.1. The summed E-state index contributed by atoms with van der Waals surface area (Å²) in [5.74, 6) is 0.471. The molecule has 98 valence electrons. The van der Waals surface area contributed by atoms with Gasteiger partial charge in [0, 0.05) is 20.6 Å². The van der Waals surface area contributed by atoms with Crippen LogP contribution in [0.2, 0.25) is 0 Å². The minimum atomic E-state index is -0.505. The minimum absolute atomic E-state index is 0.505. The molecular weight excluding hydrogens is 240 g/mol. The summed E-state index contributed by atoms with van der Waals surface area (Å²) in [6, 6.07) is 7.72. The second kappa shape index (κ2) is 5.11. The van der Waals surface area contributed by atoms with Crippen molar-refractivity contribution in [2.75, 3.05) is 13.6 Å². The van der Waals surface area contributed by atoms with E-state index in [9.17, 15) is 4.79 Å². The molecule has 0 spiro atoms. The van der Waals surface area contributed by atoms with Gasteiger partial charge in [-0.1, -0.05) is 6.07 Å². The molecule has 5 nitrogen and oxygen atoms in total. The molecule has 0 bridgehead atoms. The summed E-state index contributed by atoms with van der Waals surface area (Å²) in [7, 11) is 3.62. The molecule has 0 fully saturated rings. The van der Waals surface area contributed by atoms with Crippen LogP contribution in [0.25, 0.3) is 11.0 Å². The highest BCUT2D eigenvalue weighted by Gasteiger charge is 2.08.